The number of aliphatic imine (C=N–C) groups is 3. The number of halogens is 3. The number of ketones is 3. The molecule has 0 spiro atoms. The van der Waals surface area contributed by atoms with Gasteiger partial charge in [0.05, 0.1) is 66.4 Å². The Bertz CT molecular complexity index is 3600. The lowest BCUT2D eigenvalue weighted by Gasteiger charge is -2.22. The molecule has 4 aromatic rings. The van der Waals surface area contributed by atoms with Crippen molar-refractivity contribution in [3.63, 3.8) is 0 Å². The summed E-state index contributed by atoms with van der Waals surface area (Å²) in [4.78, 5) is 94.7. The molecule has 460 valence electrons. The number of rotatable bonds is 17. The number of nitrogens with zero attached hydrogens (tertiary/aromatic N) is 6. The average Bonchev–Trinajstić information content (AvgIpc) is 1.32. The van der Waals surface area contributed by atoms with Crippen LogP contribution in [0.15, 0.2) is 167 Å². The van der Waals surface area contributed by atoms with Crippen molar-refractivity contribution in [3.05, 3.63) is 174 Å². The van der Waals surface area contributed by atoms with E-state index in [1.807, 2.05) is 70.2 Å². The van der Waals surface area contributed by atoms with E-state index in [2.05, 4.69) is 90.4 Å². The van der Waals surface area contributed by atoms with E-state index < -0.39 is 17.0 Å². The second-order valence-corrected chi connectivity index (χ2v) is 22.9. The van der Waals surface area contributed by atoms with Crippen LogP contribution in [0.4, 0.5) is 34.1 Å². The second-order valence-electron chi connectivity index (χ2n) is 21.8. The van der Waals surface area contributed by atoms with Gasteiger partial charge in [-0.3, -0.25) is 28.8 Å². The number of hydrogen-bond acceptors (Lipinski definition) is 12. The number of amides is 3. The van der Waals surface area contributed by atoms with Gasteiger partial charge < -0.3 is 30.7 Å². The molecule has 7 rings (SSSR count). The average molecular weight is 1240 g/mol. The summed E-state index contributed by atoms with van der Waals surface area (Å²) in [7, 11) is 0. The van der Waals surface area contributed by atoms with Crippen LogP contribution < -0.4 is 30.7 Å². The zero-order valence-corrected chi connectivity index (χ0v) is 55.3. The summed E-state index contributed by atoms with van der Waals surface area (Å²) >= 11 is 18.8. The molecular formula is C69H82Cl3N9O6. The Morgan fingerprint density at radius 3 is 1.16 bits per heavy atom. The largest absolute Gasteiger partial charge is 0.372 e. The van der Waals surface area contributed by atoms with Crippen molar-refractivity contribution in [1.82, 2.24) is 16.0 Å². The topological polar surface area (TPSA) is 185 Å². The highest BCUT2D eigenvalue weighted by atomic mass is 35.5. The third-order valence-corrected chi connectivity index (χ3v) is 16.0. The van der Waals surface area contributed by atoms with E-state index in [1.54, 1.807) is 77.1 Å². The van der Waals surface area contributed by atoms with Gasteiger partial charge in [0.25, 0.3) is 5.91 Å². The van der Waals surface area contributed by atoms with Crippen LogP contribution >= 0.6 is 34.8 Å². The highest BCUT2D eigenvalue weighted by molar-refractivity contribution is 6.51. The molecule has 0 radical (unpaired) electrons. The minimum atomic E-state index is -0.627. The van der Waals surface area contributed by atoms with Gasteiger partial charge in [-0.25, -0.2) is 15.0 Å². The molecule has 15 nitrogen and oxygen atoms in total. The lowest BCUT2D eigenvalue weighted by molar-refractivity contribution is -0.128. The number of carbonyl (C=O) groups excluding carboxylic acids is 6. The predicted octanol–water partition coefficient (Wildman–Crippen LogP) is 14.8. The molecule has 0 saturated carbocycles. The molecule has 87 heavy (non-hydrogen) atoms. The molecule has 0 heterocycles. The first kappa shape index (κ1) is 69.8. The van der Waals surface area contributed by atoms with E-state index in [1.165, 1.54) is 6.92 Å². The van der Waals surface area contributed by atoms with Gasteiger partial charge in [0.15, 0.2) is 0 Å². The fourth-order valence-electron chi connectivity index (χ4n) is 9.35. The molecule has 3 N–H and O–H groups in total. The monoisotopic (exact) mass is 1240 g/mol. The number of Topliss-reactive ketones (excluding diaryl/α,β-unsaturated/α-hetero) is 3. The van der Waals surface area contributed by atoms with Gasteiger partial charge in [0.1, 0.15) is 0 Å². The SMILES string of the molecule is CCC1=C(Cl)C(=O)C(NC(C)=O)=CC1=Nc1ccc(N(CC)CC)cc1C.CCN(CC)c1ccc(N=C2C=C(NC(=O)C(C)(C)C)C(=O)C(Cl)=C2C)c(C)c1.CCN(CC)c1ccc(N=C2C=C(NC(=O)c3ccccc3)C(=O)C(Cl)=C2C)c(C)c1. The van der Waals surface area contributed by atoms with E-state index >= 15 is 0 Å². The van der Waals surface area contributed by atoms with Gasteiger partial charge in [0.2, 0.25) is 29.2 Å². The molecule has 3 aliphatic rings. The molecule has 3 aliphatic carbocycles. The number of nitrogens with one attached hydrogen (secondary N) is 3. The first-order valence-electron chi connectivity index (χ1n) is 29.4. The lowest BCUT2D eigenvalue weighted by Crippen LogP contribution is -2.38. The molecule has 4 aromatic carbocycles. The quantitative estimate of drug-likeness (QED) is 0.0865. The Hall–Kier alpha value is -7.98. The Morgan fingerprint density at radius 1 is 0.471 bits per heavy atom. The number of benzene rings is 4. The zero-order valence-electron chi connectivity index (χ0n) is 53.0. The fourth-order valence-corrected chi connectivity index (χ4v) is 10.1. The minimum Gasteiger partial charge on any atom is -0.372 e. The van der Waals surface area contributed by atoms with Crippen LogP contribution in [0.25, 0.3) is 0 Å². The normalized spacial score (nSPS) is 15.7. The fraction of sp³-hybridized carbons (Fsp3) is 0.348. The molecule has 3 amide bonds. The van der Waals surface area contributed by atoms with Crippen molar-refractivity contribution < 1.29 is 28.8 Å². The van der Waals surface area contributed by atoms with E-state index in [0.29, 0.717) is 45.8 Å². The van der Waals surface area contributed by atoms with Crippen LogP contribution in [0, 0.1) is 26.2 Å². The Labute approximate surface area is 528 Å². The van der Waals surface area contributed by atoms with Crippen molar-refractivity contribution >= 4 is 121 Å². The maximum absolute atomic E-state index is 12.6. The van der Waals surface area contributed by atoms with E-state index in [-0.39, 0.29) is 55.7 Å². The number of aryl methyl sites for hydroxylation is 3. The smallest absolute Gasteiger partial charge is 0.255 e. The standard InChI is InChI=1S/C25H26ClN3O2.C23H30ClN3O2.C21H26ClN3O2/c1-5-29(6-2)19-12-13-20(16(3)14-19)27-21-15-22(24(30)23(26)17(21)4)28-25(31)18-10-8-7-9-11-18;1-8-27(9-2)16-10-11-17(14(3)12-16)25-18-13-19(21(28)20(24)15(18)4)26-22(29)23(5,6)7;1-6-16-18(12-19(23-14(5)26)21(27)20(16)22)24-17-10-9-15(11-13(17)4)25(7-2)8-3/h7-15H,5-6H2,1-4H3,(H,28,31);10-13H,8-9H2,1-7H3,(H,26,29);9-12H,6-8H2,1-5H3,(H,23,26). The van der Waals surface area contributed by atoms with Crippen LogP contribution in [0.5, 0.6) is 0 Å². The Kier molecular flexibility index (Phi) is 25.3. The molecule has 18 heteroatoms. The summed E-state index contributed by atoms with van der Waals surface area (Å²) in [6.45, 7) is 36.5. The van der Waals surface area contributed by atoms with E-state index in [0.717, 1.165) is 90.1 Å². The Morgan fingerprint density at radius 2 is 0.816 bits per heavy atom. The van der Waals surface area contributed by atoms with E-state index in [4.69, 9.17) is 49.8 Å². The third-order valence-electron chi connectivity index (χ3n) is 14.7. The highest BCUT2D eigenvalue weighted by Gasteiger charge is 2.30. The van der Waals surface area contributed by atoms with Crippen LogP contribution in [0.2, 0.25) is 0 Å². The summed E-state index contributed by atoms with van der Waals surface area (Å²) in [6.07, 6.45) is 5.36. The molecule has 0 saturated heterocycles. The second kappa shape index (κ2) is 31.6. The van der Waals surface area contributed by atoms with Gasteiger partial charge in [-0.1, -0.05) is 80.7 Å². The van der Waals surface area contributed by atoms with Gasteiger partial charge in [0, 0.05) is 79.8 Å². The van der Waals surface area contributed by atoms with Crippen molar-refractivity contribution in [1.29, 1.82) is 0 Å². The molecule has 0 unspecified atom stereocenters. The van der Waals surface area contributed by atoms with Crippen LogP contribution in [-0.4, -0.2) is 91.5 Å². The molecular weight excluding hydrogens is 1160 g/mol. The molecule has 0 bridgehead atoms. The summed E-state index contributed by atoms with van der Waals surface area (Å²) in [5.74, 6) is -2.14. The first-order valence-corrected chi connectivity index (χ1v) is 30.5. The number of hydrogen-bond donors (Lipinski definition) is 3. The predicted molar refractivity (Wildman–Crippen MR) is 360 cm³/mol. The zero-order chi connectivity index (χ0) is 64.6. The third kappa shape index (κ3) is 17.8. The summed E-state index contributed by atoms with van der Waals surface area (Å²) in [5.41, 5.74) is 12.7. The van der Waals surface area contributed by atoms with Gasteiger partial charge in [-0.15, -0.1) is 0 Å². The number of carbonyl (C=O) groups is 6. The van der Waals surface area contributed by atoms with Crippen LogP contribution in [0.1, 0.15) is 123 Å². The maximum Gasteiger partial charge on any atom is 0.255 e. The first-order chi connectivity index (χ1) is 41.2. The van der Waals surface area contributed by atoms with Crippen molar-refractivity contribution in [2.75, 3.05) is 54.0 Å². The van der Waals surface area contributed by atoms with Crippen molar-refractivity contribution in [3.8, 4) is 0 Å². The van der Waals surface area contributed by atoms with Gasteiger partial charge in [-0.05, 0) is 195 Å². The highest BCUT2D eigenvalue weighted by Crippen LogP contribution is 2.33. The summed E-state index contributed by atoms with van der Waals surface area (Å²) in [6, 6.07) is 27.1. The number of allylic oxidation sites excluding steroid dienone is 9. The van der Waals surface area contributed by atoms with Crippen molar-refractivity contribution in [2.24, 2.45) is 20.4 Å². The Balaban J connectivity index is 0.000000239. The van der Waals surface area contributed by atoms with Crippen LogP contribution in [0.3, 0.4) is 0 Å². The maximum atomic E-state index is 12.6. The molecule has 0 atom stereocenters. The van der Waals surface area contributed by atoms with Gasteiger partial charge in [-0.2, -0.15) is 0 Å². The van der Waals surface area contributed by atoms with Crippen LogP contribution in [-0.2, 0) is 24.0 Å². The van der Waals surface area contributed by atoms with E-state index in [9.17, 15) is 28.8 Å². The summed E-state index contributed by atoms with van der Waals surface area (Å²) < 4.78 is 0. The molecule has 0 aromatic heterocycles. The van der Waals surface area contributed by atoms with Gasteiger partial charge >= 0.3 is 0 Å². The lowest BCUT2D eigenvalue weighted by atomic mass is 9.94. The minimum absolute atomic E-state index is 0.0574. The van der Waals surface area contributed by atoms with Crippen molar-refractivity contribution in [2.45, 2.75) is 117 Å². The number of anilines is 3. The molecule has 0 fully saturated rings. The molecule has 0 aliphatic heterocycles. The summed E-state index contributed by atoms with van der Waals surface area (Å²) in [5, 5.41) is 8.16.